The molecule has 0 aliphatic heterocycles. The second kappa shape index (κ2) is 8.37. The van der Waals surface area contributed by atoms with Gasteiger partial charge in [0.05, 0.1) is 6.42 Å². The fourth-order valence-corrected chi connectivity index (χ4v) is 1.26. The molecule has 0 aromatic heterocycles. The predicted octanol–water partition coefficient (Wildman–Crippen LogP) is -0.196. The van der Waals surface area contributed by atoms with Crippen molar-refractivity contribution in [3.8, 4) is 0 Å². The van der Waals surface area contributed by atoms with E-state index in [1.54, 1.807) is 0 Å². The summed E-state index contributed by atoms with van der Waals surface area (Å²) in [6, 6.07) is -1.46. The number of urea groups is 1. The maximum atomic E-state index is 11.6. The first-order chi connectivity index (χ1) is 7.97. The summed E-state index contributed by atoms with van der Waals surface area (Å²) in [5, 5.41) is 13.2. The highest BCUT2D eigenvalue weighted by atomic mass is 16.4. The molecule has 0 saturated carbocycles. The van der Waals surface area contributed by atoms with Gasteiger partial charge in [-0.2, -0.15) is 0 Å². The molecule has 0 aliphatic rings. The molecule has 5 N–H and O–H groups in total. The molecule has 0 rings (SSSR count). The zero-order valence-corrected chi connectivity index (χ0v) is 9.86. The first-order valence-corrected chi connectivity index (χ1v) is 5.52. The molecule has 0 bridgehead atoms. The predicted molar refractivity (Wildman–Crippen MR) is 61.3 cm³/mol. The minimum atomic E-state index is -0.988. The van der Waals surface area contributed by atoms with E-state index in [4.69, 9.17) is 10.8 Å². The smallest absolute Gasteiger partial charge is 0.312 e. The molecular formula is C10H19N3O4. The Kier molecular flexibility index (Phi) is 7.49. The number of amides is 3. The number of carboxylic acids is 1. The molecule has 0 aromatic carbocycles. The lowest BCUT2D eigenvalue weighted by Crippen LogP contribution is -2.48. The maximum absolute atomic E-state index is 11.6. The molecule has 1 unspecified atom stereocenters. The van der Waals surface area contributed by atoms with Gasteiger partial charge in [0.15, 0.2) is 0 Å². The molecule has 98 valence electrons. The van der Waals surface area contributed by atoms with Crippen LogP contribution >= 0.6 is 0 Å². The van der Waals surface area contributed by atoms with Crippen LogP contribution in [0.1, 0.15) is 32.6 Å². The summed E-state index contributed by atoms with van der Waals surface area (Å²) in [7, 11) is 0. The van der Waals surface area contributed by atoms with Gasteiger partial charge in [0, 0.05) is 6.54 Å². The summed E-state index contributed by atoms with van der Waals surface area (Å²) < 4.78 is 0. The van der Waals surface area contributed by atoms with Crippen molar-refractivity contribution in [3.63, 3.8) is 0 Å². The van der Waals surface area contributed by atoms with Crippen LogP contribution in [0.25, 0.3) is 0 Å². The van der Waals surface area contributed by atoms with E-state index in [1.165, 1.54) is 0 Å². The van der Waals surface area contributed by atoms with E-state index in [2.05, 4.69) is 10.6 Å². The summed E-state index contributed by atoms with van der Waals surface area (Å²) >= 11 is 0. The van der Waals surface area contributed by atoms with Gasteiger partial charge in [-0.25, -0.2) is 4.79 Å². The molecule has 3 amide bonds. The van der Waals surface area contributed by atoms with Gasteiger partial charge >= 0.3 is 12.0 Å². The van der Waals surface area contributed by atoms with Crippen LogP contribution in [-0.2, 0) is 9.59 Å². The molecule has 0 aliphatic carbocycles. The number of unbranched alkanes of at least 4 members (excludes halogenated alkanes) is 1. The highest BCUT2D eigenvalue weighted by Crippen LogP contribution is 2.00. The number of nitrogens with one attached hydrogen (secondary N) is 2. The number of hydrogen-bond acceptors (Lipinski definition) is 3. The number of carbonyl (C=O) groups excluding carboxylic acids is 2. The number of aliphatic carboxylic acids is 1. The van der Waals surface area contributed by atoms with Gasteiger partial charge in [-0.15, -0.1) is 0 Å². The first kappa shape index (κ1) is 15.2. The van der Waals surface area contributed by atoms with Crippen molar-refractivity contribution in [2.75, 3.05) is 6.54 Å². The third-order valence-corrected chi connectivity index (χ3v) is 2.12. The molecule has 1 atom stereocenters. The number of rotatable bonds is 8. The molecule has 0 fully saturated rings. The van der Waals surface area contributed by atoms with Crippen molar-refractivity contribution in [2.45, 2.75) is 38.6 Å². The molecule has 0 spiro atoms. The van der Waals surface area contributed by atoms with Gasteiger partial charge in [-0.1, -0.05) is 19.8 Å². The van der Waals surface area contributed by atoms with Crippen LogP contribution in [0.2, 0.25) is 0 Å². The average Bonchev–Trinajstić information content (AvgIpc) is 2.22. The molecule has 0 heterocycles. The van der Waals surface area contributed by atoms with Crippen molar-refractivity contribution in [1.82, 2.24) is 10.6 Å². The average molecular weight is 245 g/mol. The normalized spacial score (nSPS) is 11.6. The first-order valence-electron chi connectivity index (χ1n) is 5.52. The molecule has 7 heteroatoms. The highest BCUT2D eigenvalue weighted by Gasteiger charge is 2.18. The Hall–Kier alpha value is -1.79. The second-order valence-electron chi connectivity index (χ2n) is 3.64. The van der Waals surface area contributed by atoms with E-state index >= 15 is 0 Å². The van der Waals surface area contributed by atoms with Gasteiger partial charge in [-0.3, -0.25) is 9.59 Å². The van der Waals surface area contributed by atoms with Crippen molar-refractivity contribution >= 4 is 17.9 Å². The molecular weight excluding hydrogens is 226 g/mol. The quantitative estimate of drug-likeness (QED) is 0.473. The van der Waals surface area contributed by atoms with Gasteiger partial charge in [0.25, 0.3) is 0 Å². The van der Waals surface area contributed by atoms with E-state index in [0.717, 1.165) is 12.8 Å². The largest absolute Gasteiger partial charge is 0.481 e. The van der Waals surface area contributed by atoms with E-state index in [-0.39, 0.29) is 13.0 Å². The third kappa shape index (κ3) is 8.06. The monoisotopic (exact) mass is 245 g/mol. The SMILES string of the molecule is CCCCC(NC(N)=O)C(=O)NCCC(=O)O. The van der Waals surface area contributed by atoms with E-state index < -0.39 is 23.9 Å². The van der Waals surface area contributed by atoms with Gasteiger partial charge in [-0.05, 0) is 6.42 Å². The Balaban J connectivity index is 4.11. The Morgan fingerprint density at radius 3 is 2.47 bits per heavy atom. The van der Waals surface area contributed by atoms with E-state index in [0.29, 0.717) is 6.42 Å². The van der Waals surface area contributed by atoms with Crippen LogP contribution < -0.4 is 16.4 Å². The fourth-order valence-electron chi connectivity index (χ4n) is 1.26. The van der Waals surface area contributed by atoms with Gasteiger partial charge in [0.1, 0.15) is 6.04 Å². The van der Waals surface area contributed by atoms with Crippen LogP contribution in [0, 0.1) is 0 Å². The summed E-state index contributed by atoms with van der Waals surface area (Å²) in [5.41, 5.74) is 4.96. The van der Waals surface area contributed by atoms with E-state index in [9.17, 15) is 14.4 Å². The van der Waals surface area contributed by atoms with Crippen LogP contribution in [0.4, 0.5) is 4.79 Å². The maximum Gasteiger partial charge on any atom is 0.312 e. The van der Waals surface area contributed by atoms with Crippen molar-refractivity contribution in [1.29, 1.82) is 0 Å². The minimum Gasteiger partial charge on any atom is -0.481 e. The zero-order chi connectivity index (χ0) is 13.3. The second-order valence-corrected chi connectivity index (χ2v) is 3.64. The lowest BCUT2D eigenvalue weighted by molar-refractivity contribution is -0.137. The third-order valence-electron chi connectivity index (χ3n) is 2.12. The van der Waals surface area contributed by atoms with Crippen LogP contribution in [0.5, 0.6) is 0 Å². The molecule has 0 radical (unpaired) electrons. The number of carboxylic acid groups (broad SMARTS) is 1. The Morgan fingerprint density at radius 1 is 1.35 bits per heavy atom. The lowest BCUT2D eigenvalue weighted by atomic mass is 10.1. The van der Waals surface area contributed by atoms with Crippen LogP contribution in [0.15, 0.2) is 0 Å². The number of hydrogen-bond donors (Lipinski definition) is 4. The molecule has 17 heavy (non-hydrogen) atoms. The summed E-state index contributed by atoms with van der Waals surface area (Å²) in [5.74, 6) is -1.39. The Morgan fingerprint density at radius 2 is 2.00 bits per heavy atom. The Bertz CT molecular complexity index is 281. The summed E-state index contributed by atoms with van der Waals surface area (Å²) in [6.07, 6.45) is 2.00. The highest BCUT2D eigenvalue weighted by molar-refractivity contribution is 5.86. The van der Waals surface area contributed by atoms with Gasteiger partial charge < -0.3 is 21.5 Å². The van der Waals surface area contributed by atoms with Crippen molar-refractivity contribution < 1.29 is 19.5 Å². The fraction of sp³-hybridized carbons (Fsp3) is 0.700. The minimum absolute atomic E-state index is 0.0389. The number of carbonyl (C=O) groups is 3. The zero-order valence-electron chi connectivity index (χ0n) is 9.86. The molecule has 0 saturated heterocycles. The standard InChI is InChI=1S/C10H19N3O4/c1-2-3-4-7(13-10(11)17)9(16)12-6-5-8(14)15/h7H,2-6H2,1H3,(H,12,16)(H,14,15)(H3,11,13,17). The van der Waals surface area contributed by atoms with Crippen molar-refractivity contribution in [3.05, 3.63) is 0 Å². The van der Waals surface area contributed by atoms with Crippen LogP contribution in [0.3, 0.4) is 0 Å². The lowest BCUT2D eigenvalue weighted by Gasteiger charge is -2.16. The number of primary amides is 1. The Labute approximate surface area is 99.7 Å². The molecule has 7 nitrogen and oxygen atoms in total. The summed E-state index contributed by atoms with van der Waals surface area (Å²) in [6.45, 7) is 2.00. The van der Waals surface area contributed by atoms with Crippen LogP contribution in [-0.4, -0.2) is 35.6 Å². The summed E-state index contributed by atoms with van der Waals surface area (Å²) in [4.78, 5) is 32.5. The molecule has 0 aromatic rings. The van der Waals surface area contributed by atoms with E-state index in [1.807, 2.05) is 6.92 Å². The van der Waals surface area contributed by atoms with Crippen molar-refractivity contribution in [2.24, 2.45) is 5.73 Å². The topological polar surface area (TPSA) is 122 Å². The number of nitrogens with two attached hydrogens (primary N) is 1. The van der Waals surface area contributed by atoms with Gasteiger partial charge in [0.2, 0.25) is 5.91 Å².